The molecule has 0 bridgehead atoms. The van der Waals surface area contributed by atoms with Crippen LogP contribution in [0.5, 0.6) is 0 Å². The SMILES string of the molecule is CCCOC(=O)CNS(=O)(=O)c1cccc(Br)c1. The molecule has 0 amide bonds. The molecule has 0 aromatic heterocycles. The Kier molecular flexibility index (Phi) is 5.77. The molecule has 0 heterocycles. The van der Waals surface area contributed by atoms with Crippen LogP contribution in [0, 0.1) is 0 Å². The van der Waals surface area contributed by atoms with E-state index in [2.05, 4.69) is 20.7 Å². The van der Waals surface area contributed by atoms with Crippen LogP contribution in [0.15, 0.2) is 33.6 Å². The van der Waals surface area contributed by atoms with Crippen molar-refractivity contribution in [3.63, 3.8) is 0 Å². The minimum Gasteiger partial charge on any atom is -0.465 e. The van der Waals surface area contributed by atoms with Gasteiger partial charge in [0.15, 0.2) is 0 Å². The zero-order valence-electron chi connectivity index (χ0n) is 9.85. The van der Waals surface area contributed by atoms with E-state index in [1.54, 1.807) is 12.1 Å². The molecule has 1 aromatic rings. The van der Waals surface area contributed by atoms with Crippen LogP contribution >= 0.6 is 15.9 Å². The van der Waals surface area contributed by atoms with E-state index in [0.29, 0.717) is 10.9 Å². The summed E-state index contributed by atoms with van der Waals surface area (Å²) in [4.78, 5) is 11.3. The van der Waals surface area contributed by atoms with Gasteiger partial charge in [-0.25, -0.2) is 8.42 Å². The van der Waals surface area contributed by atoms with Crippen LogP contribution in [0.4, 0.5) is 0 Å². The van der Waals surface area contributed by atoms with Gasteiger partial charge < -0.3 is 4.74 Å². The molecule has 0 aliphatic rings. The summed E-state index contributed by atoms with van der Waals surface area (Å²) in [5.74, 6) is -0.588. The van der Waals surface area contributed by atoms with Gasteiger partial charge in [0.05, 0.1) is 11.5 Å². The maximum atomic E-state index is 11.8. The Labute approximate surface area is 115 Å². The predicted octanol–water partition coefficient (Wildman–Crippen LogP) is 1.68. The van der Waals surface area contributed by atoms with Crippen molar-refractivity contribution in [2.75, 3.05) is 13.2 Å². The number of rotatable bonds is 6. The van der Waals surface area contributed by atoms with Gasteiger partial charge in [0, 0.05) is 4.47 Å². The van der Waals surface area contributed by atoms with Crippen molar-refractivity contribution in [2.24, 2.45) is 0 Å². The van der Waals surface area contributed by atoms with Crippen LogP contribution in [0.2, 0.25) is 0 Å². The summed E-state index contributed by atoms with van der Waals surface area (Å²) < 4.78 is 31.3. The van der Waals surface area contributed by atoms with Crippen LogP contribution in [-0.4, -0.2) is 27.5 Å². The first-order valence-corrected chi connectivity index (χ1v) is 7.64. The number of ether oxygens (including phenoxy) is 1. The Hall–Kier alpha value is -0.920. The quantitative estimate of drug-likeness (QED) is 0.803. The first-order valence-electron chi connectivity index (χ1n) is 5.36. The van der Waals surface area contributed by atoms with Gasteiger partial charge in [-0.1, -0.05) is 28.9 Å². The zero-order chi connectivity index (χ0) is 13.6. The molecule has 1 aromatic carbocycles. The van der Waals surface area contributed by atoms with E-state index in [4.69, 9.17) is 4.74 Å². The standard InChI is InChI=1S/C11H14BrNO4S/c1-2-6-17-11(14)8-13-18(15,16)10-5-3-4-9(12)7-10/h3-5,7,13H,2,6,8H2,1H3. The smallest absolute Gasteiger partial charge is 0.321 e. The Morgan fingerprint density at radius 1 is 1.44 bits per heavy atom. The van der Waals surface area contributed by atoms with Crippen LogP contribution in [0.3, 0.4) is 0 Å². The average Bonchev–Trinajstić information content (AvgIpc) is 2.34. The Morgan fingerprint density at radius 3 is 2.78 bits per heavy atom. The average molecular weight is 336 g/mol. The molecule has 0 unspecified atom stereocenters. The minimum atomic E-state index is -3.68. The van der Waals surface area contributed by atoms with Crippen molar-refractivity contribution in [2.45, 2.75) is 18.2 Å². The number of hydrogen-bond acceptors (Lipinski definition) is 4. The third-order valence-corrected chi connectivity index (χ3v) is 3.87. The monoisotopic (exact) mass is 335 g/mol. The fourth-order valence-corrected chi connectivity index (χ4v) is 2.70. The number of sulfonamides is 1. The Balaban J connectivity index is 2.63. The summed E-state index contributed by atoms with van der Waals surface area (Å²) in [5, 5.41) is 0. The third-order valence-electron chi connectivity index (χ3n) is 1.98. The summed E-state index contributed by atoms with van der Waals surface area (Å²) in [5.41, 5.74) is 0. The molecule has 5 nitrogen and oxygen atoms in total. The van der Waals surface area contributed by atoms with Crippen molar-refractivity contribution in [3.8, 4) is 0 Å². The Bertz CT molecular complexity index is 516. The molecule has 0 aliphatic carbocycles. The summed E-state index contributed by atoms with van der Waals surface area (Å²) in [6, 6.07) is 6.23. The van der Waals surface area contributed by atoms with Gasteiger partial charge in [-0.3, -0.25) is 4.79 Å². The van der Waals surface area contributed by atoms with Crippen molar-refractivity contribution in [3.05, 3.63) is 28.7 Å². The molecule has 18 heavy (non-hydrogen) atoms. The van der Waals surface area contributed by atoms with Crippen LogP contribution in [-0.2, 0) is 19.6 Å². The molecular weight excluding hydrogens is 322 g/mol. The van der Waals surface area contributed by atoms with E-state index in [1.807, 2.05) is 6.92 Å². The lowest BCUT2D eigenvalue weighted by atomic mass is 10.4. The van der Waals surface area contributed by atoms with Crippen molar-refractivity contribution in [1.82, 2.24) is 4.72 Å². The number of benzene rings is 1. The fraction of sp³-hybridized carbons (Fsp3) is 0.364. The first-order chi connectivity index (χ1) is 8.45. The summed E-state index contributed by atoms with van der Waals surface area (Å²) in [7, 11) is -3.68. The molecule has 0 saturated heterocycles. The topological polar surface area (TPSA) is 72.5 Å². The Morgan fingerprint density at radius 2 is 2.17 bits per heavy atom. The second-order valence-electron chi connectivity index (χ2n) is 3.50. The van der Waals surface area contributed by atoms with Gasteiger partial charge in [0.25, 0.3) is 0 Å². The summed E-state index contributed by atoms with van der Waals surface area (Å²) in [6.07, 6.45) is 0.699. The zero-order valence-corrected chi connectivity index (χ0v) is 12.3. The van der Waals surface area contributed by atoms with Gasteiger partial charge in [0.1, 0.15) is 6.54 Å². The van der Waals surface area contributed by atoms with Crippen LogP contribution < -0.4 is 4.72 Å². The second kappa shape index (κ2) is 6.86. The van der Waals surface area contributed by atoms with Gasteiger partial charge in [-0.05, 0) is 24.6 Å². The molecular formula is C11H14BrNO4S. The second-order valence-corrected chi connectivity index (χ2v) is 6.19. The lowest BCUT2D eigenvalue weighted by Gasteiger charge is -2.07. The van der Waals surface area contributed by atoms with Crippen molar-refractivity contribution >= 4 is 31.9 Å². The highest BCUT2D eigenvalue weighted by Gasteiger charge is 2.15. The van der Waals surface area contributed by atoms with Crippen molar-refractivity contribution in [1.29, 1.82) is 0 Å². The normalized spacial score (nSPS) is 11.2. The van der Waals surface area contributed by atoms with Gasteiger partial charge >= 0.3 is 5.97 Å². The van der Waals surface area contributed by atoms with E-state index in [-0.39, 0.29) is 18.0 Å². The highest BCUT2D eigenvalue weighted by atomic mass is 79.9. The third kappa shape index (κ3) is 4.75. The molecule has 0 spiro atoms. The van der Waals surface area contributed by atoms with Gasteiger partial charge in [-0.2, -0.15) is 4.72 Å². The molecule has 0 fully saturated rings. The fourth-order valence-electron chi connectivity index (χ4n) is 1.14. The van der Waals surface area contributed by atoms with E-state index < -0.39 is 16.0 Å². The lowest BCUT2D eigenvalue weighted by molar-refractivity contribution is -0.142. The van der Waals surface area contributed by atoms with Crippen molar-refractivity contribution < 1.29 is 17.9 Å². The number of carbonyl (C=O) groups excluding carboxylic acids is 1. The molecule has 0 atom stereocenters. The molecule has 1 rings (SSSR count). The molecule has 7 heteroatoms. The van der Waals surface area contributed by atoms with E-state index in [9.17, 15) is 13.2 Å². The largest absolute Gasteiger partial charge is 0.465 e. The number of esters is 1. The molecule has 0 radical (unpaired) electrons. The number of nitrogens with one attached hydrogen (secondary N) is 1. The number of hydrogen-bond donors (Lipinski definition) is 1. The minimum absolute atomic E-state index is 0.0974. The van der Waals surface area contributed by atoms with E-state index in [1.165, 1.54) is 12.1 Å². The maximum Gasteiger partial charge on any atom is 0.321 e. The molecule has 0 aliphatic heterocycles. The highest BCUT2D eigenvalue weighted by molar-refractivity contribution is 9.10. The maximum absolute atomic E-state index is 11.8. The summed E-state index contributed by atoms with van der Waals surface area (Å²) in [6.45, 7) is 1.78. The number of carbonyl (C=O) groups is 1. The molecule has 0 saturated carbocycles. The van der Waals surface area contributed by atoms with Gasteiger partial charge in [-0.15, -0.1) is 0 Å². The highest BCUT2D eigenvalue weighted by Crippen LogP contribution is 2.15. The number of halogens is 1. The lowest BCUT2D eigenvalue weighted by Crippen LogP contribution is -2.30. The van der Waals surface area contributed by atoms with Crippen LogP contribution in [0.25, 0.3) is 0 Å². The van der Waals surface area contributed by atoms with E-state index in [0.717, 1.165) is 0 Å². The predicted molar refractivity (Wildman–Crippen MR) is 70.6 cm³/mol. The summed E-state index contributed by atoms with van der Waals surface area (Å²) >= 11 is 3.18. The molecule has 100 valence electrons. The van der Waals surface area contributed by atoms with E-state index >= 15 is 0 Å². The molecule has 1 N–H and O–H groups in total. The van der Waals surface area contributed by atoms with Crippen LogP contribution in [0.1, 0.15) is 13.3 Å². The van der Waals surface area contributed by atoms with Gasteiger partial charge in [0.2, 0.25) is 10.0 Å². The first kappa shape index (κ1) is 15.1.